The molecular weight excluding hydrogens is 206 g/mol. The number of aromatic nitrogens is 1. The lowest BCUT2D eigenvalue weighted by molar-refractivity contribution is 0.0600. The van der Waals surface area contributed by atoms with Crippen LogP contribution in [-0.4, -0.2) is 24.7 Å². The Balaban J connectivity index is 2.94. The fourth-order valence-corrected chi connectivity index (χ4v) is 1.12. The zero-order valence-corrected chi connectivity index (χ0v) is 8.67. The molecule has 0 amide bonds. The molecule has 0 N–H and O–H groups in total. The van der Waals surface area contributed by atoms with E-state index in [2.05, 4.69) is 9.72 Å². The number of carbonyl (C=O) groups is 1. The summed E-state index contributed by atoms with van der Waals surface area (Å²) >= 11 is 5.81. The van der Waals surface area contributed by atoms with Gasteiger partial charge in [-0.3, -0.25) is 0 Å². The summed E-state index contributed by atoms with van der Waals surface area (Å²) < 4.78 is 9.62. The number of carbonyl (C=O) groups excluding carboxylic acids is 1. The van der Waals surface area contributed by atoms with Gasteiger partial charge in [0, 0.05) is 6.20 Å². The number of methoxy groups -OCH3 is 1. The van der Waals surface area contributed by atoms with Crippen molar-refractivity contribution in [1.29, 1.82) is 0 Å². The first kappa shape index (κ1) is 10.8. The predicted octanol–water partition coefficient (Wildman–Crippen LogP) is 1.92. The van der Waals surface area contributed by atoms with E-state index in [1.165, 1.54) is 19.4 Å². The summed E-state index contributed by atoms with van der Waals surface area (Å²) in [5.74, 6) is -0.149. The highest BCUT2D eigenvalue weighted by Gasteiger charge is 2.10. The summed E-state index contributed by atoms with van der Waals surface area (Å²) in [4.78, 5) is 15.0. The number of ether oxygens (including phenoxy) is 2. The third-order valence-corrected chi connectivity index (χ3v) is 1.78. The van der Waals surface area contributed by atoms with Crippen LogP contribution in [0, 0.1) is 0 Å². The molecule has 0 unspecified atom stereocenters. The summed E-state index contributed by atoms with van der Waals surface area (Å²) in [5.41, 5.74) is 0.306. The monoisotopic (exact) mass is 215 g/mol. The van der Waals surface area contributed by atoms with Crippen LogP contribution in [0.1, 0.15) is 17.3 Å². The van der Waals surface area contributed by atoms with E-state index in [4.69, 9.17) is 16.3 Å². The van der Waals surface area contributed by atoms with E-state index < -0.39 is 5.97 Å². The van der Waals surface area contributed by atoms with Crippen molar-refractivity contribution < 1.29 is 14.3 Å². The first-order chi connectivity index (χ1) is 6.69. The van der Waals surface area contributed by atoms with E-state index in [-0.39, 0.29) is 0 Å². The van der Waals surface area contributed by atoms with Gasteiger partial charge in [-0.25, -0.2) is 9.78 Å². The van der Waals surface area contributed by atoms with Gasteiger partial charge in [0.15, 0.2) is 0 Å². The average molecular weight is 216 g/mol. The zero-order chi connectivity index (χ0) is 10.6. The Hall–Kier alpha value is -1.29. The Kier molecular flexibility index (Phi) is 3.71. The van der Waals surface area contributed by atoms with Crippen LogP contribution in [0.2, 0.25) is 5.02 Å². The van der Waals surface area contributed by atoms with Crippen LogP contribution in [0.3, 0.4) is 0 Å². The third-order valence-electron chi connectivity index (χ3n) is 1.51. The van der Waals surface area contributed by atoms with Gasteiger partial charge in [0.25, 0.3) is 0 Å². The molecule has 4 nitrogen and oxygen atoms in total. The number of hydrogen-bond acceptors (Lipinski definition) is 4. The molecule has 0 atom stereocenters. The van der Waals surface area contributed by atoms with Crippen molar-refractivity contribution >= 4 is 17.6 Å². The quantitative estimate of drug-likeness (QED) is 0.723. The number of hydrogen-bond donors (Lipinski definition) is 0. The highest BCUT2D eigenvalue weighted by molar-refractivity contribution is 6.32. The number of rotatable bonds is 3. The SMILES string of the molecule is CCOc1ncc(C(=O)OC)cc1Cl. The topological polar surface area (TPSA) is 48.4 Å². The molecule has 0 saturated carbocycles. The molecule has 0 aliphatic heterocycles. The minimum Gasteiger partial charge on any atom is -0.477 e. The first-order valence-electron chi connectivity index (χ1n) is 4.05. The first-order valence-corrected chi connectivity index (χ1v) is 4.43. The van der Waals surface area contributed by atoms with Gasteiger partial charge >= 0.3 is 5.97 Å². The summed E-state index contributed by atoms with van der Waals surface area (Å²) in [7, 11) is 1.30. The maximum atomic E-state index is 11.1. The van der Waals surface area contributed by atoms with Crippen molar-refractivity contribution in [3.8, 4) is 5.88 Å². The summed E-state index contributed by atoms with van der Waals surface area (Å²) in [6, 6.07) is 1.46. The normalized spacial score (nSPS) is 9.64. The second kappa shape index (κ2) is 4.81. The Morgan fingerprint density at radius 3 is 2.86 bits per heavy atom. The second-order valence-corrected chi connectivity index (χ2v) is 2.84. The van der Waals surface area contributed by atoms with Crippen LogP contribution >= 0.6 is 11.6 Å². The third kappa shape index (κ3) is 2.35. The molecule has 1 aromatic rings. The molecule has 0 fully saturated rings. The van der Waals surface area contributed by atoms with Gasteiger partial charge in [0.05, 0.1) is 19.3 Å². The molecule has 0 aliphatic carbocycles. The average Bonchev–Trinajstić information content (AvgIpc) is 2.20. The van der Waals surface area contributed by atoms with E-state index in [0.717, 1.165) is 0 Å². The van der Waals surface area contributed by atoms with E-state index in [9.17, 15) is 4.79 Å². The number of nitrogens with zero attached hydrogens (tertiary/aromatic N) is 1. The minimum absolute atomic E-state index is 0.301. The van der Waals surface area contributed by atoms with Crippen molar-refractivity contribution in [3.63, 3.8) is 0 Å². The molecule has 1 aromatic heterocycles. The van der Waals surface area contributed by atoms with Gasteiger partial charge in [0.1, 0.15) is 5.02 Å². The van der Waals surface area contributed by atoms with Crippen LogP contribution < -0.4 is 4.74 Å². The van der Waals surface area contributed by atoms with Crippen LogP contribution in [0.5, 0.6) is 5.88 Å². The Morgan fingerprint density at radius 2 is 2.36 bits per heavy atom. The molecule has 1 rings (SSSR count). The van der Waals surface area contributed by atoms with Crippen LogP contribution in [0.15, 0.2) is 12.3 Å². The van der Waals surface area contributed by atoms with Crippen LogP contribution in [0.4, 0.5) is 0 Å². The molecule has 0 bridgehead atoms. The lowest BCUT2D eigenvalue weighted by atomic mass is 10.3. The Morgan fingerprint density at radius 1 is 1.64 bits per heavy atom. The summed E-state index contributed by atoms with van der Waals surface area (Å²) in [6.45, 7) is 2.30. The minimum atomic E-state index is -0.470. The second-order valence-electron chi connectivity index (χ2n) is 2.44. The maximum absolute atomic E-state index is 11.1. The number of pyridine rings is 1. The van der Waals surface area contributed by atoms with Gasteiger partial charge in [-0.05, 0) is 13.0 Å². The van der Waals surface area contributed by atoms with Gasteiger partial charge in [-0.15, -0.1) is 0 Å². The molecule has 1 heterocycles. The lowest BCUT2D eigenvalue weighted by Crippen LogP contribution is -2.03. The molecule has 0 aromatic carbocycles. The van der Waals surface area contributed by atoms with E-state index in [0.29, 0.717) is 23.1 Å². The zero-order valence-electron chi connectivity index (χ0n) is 7.91. The predicted molar refractivity (Wildman–Crippen MR) is 51.8 cm³/mol. The number of esters is 1. The maximum Gasteiger partial charge on any atom is 0.339 e. The van der Waals surface area contributed by atoms with Crippen LogP contribution in [-0.2, 0) is 4.74 Å². The van der Waals surface area contributed by atoms with Crippen LogP contribution in [0.25, 0.3) is 0 Å². The molecule has 0 saturated heterocycles. The Labute approximate surface area is 86.8 Å². The number of halogens is 1. The molecule has 0 aliphatic rings. The largest absolute Gasteiger partial charge is 0.477 e. The fraction of sp³-hybridized carbons (Fsp3) is 0.333. The highest BCUT2D eigenvalue weighted by Crippen LogP contribution is 2.22. The van der Waals surface area contributed by atoms with Crippen molar-refractivity contribution in [2.75, 3.05) is 13.7 Å². The van der Waals surface area contributed by atoms with Gasteiger partial charge < -0.3 is 9.47 Å². The van der Waals surface area contributed by atoms with Crippen molar-refractivity contribution in [2.24, 2.45) is 0 Å². The standard InChI is InChI=1S/C9H10ClNO3/c1-3-14-8-7(10)4-6(5-11-8)9(12)13-2/h4-5H,3H2,1-2H3. The molecular formula is C9H10ClNO3. The summed E-state index contributed by atoms with van der Waals surface area (Å²) in [6.07, 6.45) is 1.36. The fourth-order valence-electron chi connectivity index (χ4n) is 0.898. The summed E-state index contributed by atoms with van der Waals surface area (Å²) in [5, 5.41) is 0.301. The highest BCUT2D eigenvalue weighted by atomic mass is 35.5. The van der Waals surface area contributed by atoms with Gasteiger partial charge in [-0.2, -0.15) is 0 Å². The van der Waals surface area contributed by atoms with Crippen molar-refractivity contribution in [1.82, 2.24) is 4.98 Å². The molecule has 0 spiro atoms. The van der Waals surface area contributed by atoms with Crippen molar-refractivity contribution in [2.45, 2.75) is 6.92 Å². The molecule has 76 valence electrons. The van der Waals surface area contributed by atoms with E-state index >= 15 is 0 Å². The van der Waals surface area contributed by atoms with Crippen molar-refractivity contribution in [3.05, 3.63) is 22.8 Å². The van der Waals surface area contributed by atoms with E-state index in [1.54, 1.807) is 0 Å². The molecule has 14 heavy (non-hydrogen) atoms. The Bertz CT molecular complexity index is 341. The van der Waals surface area contributed by atoms with Gasteiger partial charge in [-0.1, -0.05) is 11.6 Å². The lowest BCUT2D eigenvalue weighted by Gasteiger charge is -2.05. The van der Waals surface area contributed by atoms with Gasteiger partial charge in [0.2, 0.25) is 5.88 Å². The molecule has 0 radical (unpaired) electrons. The van der Waals surface area contributed by atoms with E-state index in [1.807, 2.05) is 6.92 Å². The molecule has 5 heteroatoms. The smallest absolute Gasteiger partial charge is 0.339 e.